The summed E-state index contributed by atoms with van der Waals surface area (Å²) in [5.41, 5.74) is 2.94. The molecule has 2 aromatic rings. The Hall–Kier alpha value is -3.02. The third kappa shape index (κ3) is 4.05. The van der Waals surface area contributed by atoms with Crippen LogP contribution in [0.2, 0.25) is 0 Å². The van der Waals surface area contributed by atoms with Gasteiger partial charge in [-0.2, -0.15) is 0 Å². The molecular weight excluding hydrogens is 346 g/mol. The normalized spacial score (nSPS) is 15.8. The molecule has 6 heteroatoms. The highest BCUT2D eigenvalue weighted by Crippen LogP contribution is 2.33. The lowest BCUT2D eigenvalue weighted by molar-refractivity contribution is -0.139. The van der Waals surface area contributed by atoms with Crippen molar-refractivity contribution < 1.29 is 24.2 Å². The van der Waals surface area contributed by atoms with E-state index in [9.17, 15) is 9.59 Å². The van der Waals surface area contributed by atoms with Crippen LogP contribution in [0, 0.1) is 0 Å². The fourth-order valence-electron chi connectivity index (χ4n) is 3.38. The number of carboxylic acid groups (broad SMARTS) is 1. The number of ether oxygens (including phenoxy) is 2. The van der Waals surface area contributed by atoms with Crippen molar-refractivity contribution in [3.8, 4) is 11.5 Å². The Kier molecular flexibility index (Phi) is 5.64. The lowest BCUT2D eigenvalue weighted by Gasteiger charge is -2.35. The van der Waals surface area contributed by atoms with E-state index in [1.165, 1.54) is 11.1 Å². The molecule has 1 N–H and O–H groups in total. The molecule has 0 saturated heterocycles. The van der Waals surface area contributed by atoms with Crippen LogP contribution in [0.15, 0.2) is 42.5 Å². The van der Waals surface area contributed by atoms with Gasteiger partial charge in [-0.15, -0.1) is 0 Å². The summed E-state index contributed by atoms with van der Waals surface area (Å²) < 4.78 is 10.8. The van der Waals surface area contributed by atoms with Crippen molar-refractivity contribution in [2.45, 2.75) is 26.3 Å². The van der Waals surface area contributed by atoms with Gasteiger partial charge < -0.3 is 19.5 Å². The maximum atomic E-state index is 13.1. The number of carbonyl (C=O) groups excluding carboxylic acids is 1. The highest BCUT2D eigenvalue weighted by atomic mass is 16.5. The van der Waals surface area contributed by atoms with Crippen LogP contribution in [0.3, 0.4) is 0 Å². The molecule has 0 spiro atoms. The maximum Gasteiger partial charge on any atom is 0.341 e. The number of hydrogen-bond donors (Lipinski definition) is 1. The van der Waals surface area contributed by atoms with Crippen LogP contribution in [0.25, 0.3) is 0 Å². The monoisotopic (exact) mass is 369 g/mol. The van der Waals surface area contributed by atoms with E-state index in [0.717, 1.165) is 6.42 Å². The first kappa shape index (κ1) is 18.8. The zero-order chi connectivity index (χ0) is 19.4. The number of aliphatic carboxylic acids is 1. The van der Waals surface area contributed by atoms with Crippen LogP contribution in [0.1, 0.15) is 41.4 Å². The van der Waals surface area contributed by atoms with Crippen molar-refractivity contribution >= 4 is 11.9 Å². The van der Waals surface area contributed by atoms with Gasteiger partial charge >= 0.3 is 5.97 Å². The first-order valence-corrected chi connectivity index (χ1v) is 9.01. The number of amides is 1. The molecule has 1 amide bonds. The van der Waals surface area contributed by atoms with Gasteiger partial charge in [-0.25, -0.2) is 4.79 Å². The Morgan fingerprint density at radius 1 is 1.15 bits per heavy atom. The van der Waals surface area contributed by atoms with Gasteiger partial charge in [0.1, 0.15) is 0 Å². The summed E-state index contributed by atoms with van der Waals surface area (Å²) in [6.07, 6.45) is 0.824. The summed E-state index contributed by atoms with van der Waals surface area (Å²) in [5.74, 6) is -0.469. The topological polar surface area (TPSA) is 76.1 Å². The smallest absolute Gasteiger partial charge is 0.341 e. The Labute approximate surface area is 158 Å². The van der Waals surface area contributed by atoms with E-state index in [1.54, 1.807) is 18.2 Å². The molecule has 3 rings (SSSR count). The van der Waals surface area contributed by atoms with Crippen molar-refractivity contribution in [2.24, 2.45) is 0 Å². The van der Waals surface area contributed by atoms with Crippen LogP contribution in [0.4, 0.5) is 0 Å². The second kappa shape index (κ2) is 8.12. The van der Waals surface area contributed by atoms with Gasteiger partial charge in [0.05, 0.1) is 12.6 Å². The summed E-state index contributed by atoms with van der Waals surface area (Å²) in [5, 5.41) is 8.79. The van der Waals surface area contributed by atoms with Gasteiger partial charge in [-0.05, 0) is 49.6 Å². The molecule has 1 atom stereocenters. The third-order valence-corrected chi connectivity index (χ3v) is 4.70. The summed E-state index contributed by atoms with van der Waals surface area (Å²) >= 11 is 0. The lowest BCUT2D eigenvalue weighted by atomic mass is 9.93. The molecule has 0 radical (unpaired) electrons. The van der Waals surface area contributed by atoms with Crippen LogP contribution >= 0.6 is 0 Å². The van der Waals surface area contributed by atoms with E-state index >= 15 is 0 Å². The number of benzene rings is 2. The zero-order valence-electron chi connectivity index (χ0n) is 15.5. The summed E-state index contributed by atoms with van der Waals surface area (Å²) in [7, 11) is 0. The number of carbonyl (C=O) groups is 2. The van der Waals surface area contributed by atoms with E-state index in [1.807, 2.05) is 30.9 Å². The fraction of sp³-hybridized carbons (Fsp3) is 0.333. The van der Waals surface area contributed by atoms with Crippen LogP contribution < -0.4 is 9.47 Å². The highest BCUT2D eigenvalue weighted by Gasteiger charge is 2.28. The molecule has 0 saturated carbocycles. The highest BCUT2D eigenvalue weighted by molar-refractivity contribution is 5.95. The summed E-state index contributed by atoms with van der Waals surface area (Å²) in [6.45, 7) is 4.42. The molecule has 1 aliphatic rings. The van der Waals surface area contributed by atoms with E-state index in [2.05, 4.69) is 12.1 Å². The molecular formula is C21H23NO5. The van der Waals surface area contributed by atoms with Crippen molar-refractivity contribution in [1.82, 2.24) is 4.90 Å². The number of fused-ring (bicyclic) bond motifs is 1. The molecule has 27 heavy (non-hydrogen) atoms. The van der Waals surface area contributed by atoms with Gasteiger partial charge in [-0.1, -0.05) is 24.3 Å². The number of carboxylic acids is 1. The molecule has 142 valence electrons. The van der Waals surface area contributed by atoms with Gasteiger partial charge in [-0.3, -0.25) is 4.79 Å². The standard InChI is InChI=1S/C21H23NO5/c1-3-26-19-12-16(8-9-18(19)27-13-20(23)24)21(25)22-11-10-15-6-4-5-7-17(15)14(22)2/h4-9,12,14H,3,10-11,13H2,1-2H3,(H,23,24). The van der Waals surface area contributed by atoms with Crippen LogP contribution in [-0.4, -0.2) is 41.6 Å². The SMILES string of the molecule is CCOc1cc(C(=O)N2CCc3ccccc3C2C)ccc1OCC(=O)O. The minimum atomic E-state index is -1.07. The molecule has 1 aliphatic heterocycles. The molecule has 0 fully saturated rings. The van der Waals surface area contributed by atoms with Gasteiger partial charge in [0, 0.05) is 12.1 Å². The number of rotatable bonds is 6. The molecule has 2 aromatic carbocycles. The van der Waals surface area contributed by atoms with E-state index < -0.39 is 12.6 Å². The average Bonchev–Trinajstić information content (AvgIpc) is 2.67. The molecule has 1 heterocycles. The maximum absolute atomic E-state index is 13.1. The van der Waals surface area contributed by atoms with Gasteiger partial charge in [0.2, 0.25) is 0 Å². The van der Waals surface area contributed by atoms with Gasteiger partial charge in [0.15, 0.2) is 18.1 Å². The van der Waals surface area contributed by atoms with Crippen molar-refractivity contribution in [3.05, 3.63) is 59.2 Å². The number of hydrogen-bond acceptors (Lipinski definition) is 4. The molecule has 6 nitrogen and oxygen atoms in total. The second-order valence-electron chi connectivity index (χ2n) is 6.40. The Balaban J connectivity index is 1.84. The number of nitrogens with zero attached hydrogens (tertiary/aromatic N) is 1. The quantitative estimate of drug-likeness (QED) is 0.845. The first-order valence-electron chi connectivity index (χ1n) is 9.01. The van der Waals surface area contributed by atoms with Crippen LogP contribution in [-0.2, 0) is 11.2 Å². The van der Waals surface area contributed by atoms with E-state index in [-0.39, 0.29) is 11.9 Å². The lowest BCUT2D eigenvalue weighted by Crippen LogP contribution is -2.38. The van der Waals surface area contributed by atoms with E-state index in [0.29, 0.717) is 30.2 Å². The Bertz CT molecular complexity index is 848. The molecule has 0 aromatic heterocycles. The predicted molar refractivity (Wildman–Crippen MR) is 100 cm³/mol. The minimum absolute atomic E-state index is 0.0130. The van der Waals surface area contributed by atoms with Crippen molar-refractivity contribution in [2.75, 3.05) is 19.8 Å². The van der Waals surface area contributed by atoms with Crippen LogP contribution in [0.5, 0.6) is 11.5 Å². The fourth-order valence-corrected chi connectivity index (χ4v) is 3.38. The van der Waals surface area contributed by atoms with Gasteiger partial charge in [0.25, 0.3) is 5.91 Å². The molecule has 0 bridgehead atoms. The minimum Gasteiger partial charge on any atom is -0.490 e. The summed E-state index contributed by atoms with van der Waals surface area (Å²) in [6, 6.07) is 13.0. The van der Waals surface area contributed by atoms with Crippen molar-refractivity contribution in [3.63, 3.8) is 0 Å². The third-order valence-electron chi connectivity index (χ3n) is 4.70. The largest absolute Gasteiger partial charge is 0.490 e. The van der Waals surface area contributed by atoms with E-state index in [4.69, 9.17) is 14.6 Å². The van der Waals surface area contributed by atoms with Crippen molar-refractivity contribution in [1.29, 1.82) is 0 Å². The molecule has 1 unspecified atom stereocenters. The summed E-state index contributed by atoms with van der Waals surface area (Å²) in [4.78, 5) is 25.7. The average molecular weight is 369 g/mol. The zero-order valence-corrected chi connectivity index (χ0v) is 15.5. The predicted octanol–water partition coefficient (Wildman–Crippen LogP) is 3.31. The second-order valence-corrected chi connectivity index (χ2v) is 6.40. The molecule has 0 aliphatic carbocycles. The Morgan fingerprint density at radius 2 is 1.93 bits per heavy atom. The Morgan fingerprint density at radius 3 is 2.67 bits per heavy atom. The first-order chi connectivity index (χ1) is 13.0.